The number of aromatic nitrogens is 7. The first-order valence-electron chi connectivity index (χ1n) is 10.3. The molecule has 0 aliphatic heterocycles. The molecule has 1 aromatic carbocycles. The Kier molecular flexibility index (Phi) is 3.89. The van der Waals surface area contributed by atoms with Crippen LogP contribution in [0.25, 0.3) is 33.1 Å². The third-order valence-corrected chi connectivity index (χ3v) is 5.85. The number of nitrogens with one attached hydrogen (secondary N) is 3. The molecule has 0 bridgehead atoms. The van der Waals surface area contributed by atoms with E-state index in [0.29, 0.717) is 17.0 Å². The van der Waals surface area contributed by atoms with E-state index in [1.54, 1.807) is 12.5 Å². The smallest absolute Gasteiger partial charge is 0.259 e. The van der Waals surface area contributed by atoms with Crippen LogP contribution in [0, 0.1) is 0 Å². The van der Waals surface area contributed by atoms with Gasteiger partial charge in [-0.25, -0.2) is 15.0 Å². The highest BCUT2D eigenvalue weighted by Gasteiger charge is 2.30. The van der Waals surface area contributed by atoms with Crippen LogP contribution in [0.2, 0.25) is 0 Å². The lowest BCUT2D eigenvalue weighted by atomic mass is 10.00. The predicted molar refractivity (Wildman–Crippen MR) is 118 cm³/mol. The van der Waals surface area contributed by atoms with E-state index in [1.165, 1.54) is 6.33 Å². The van der Waals surface area contributed by atoms with Gasteiger partial charge in [0.1, 0.15) is 11.8 Å². The Labute approximate surface area is 176 Å². The van der Waals surface area contributed by atoms with Crippen molar-refractivity contribution in [1.29, 1.82) is 0 Å². The summed E-state index contributed by atoms with van der Waals surface area (Å²) in [6.45, 7) is 2.04. The fourth-order valence-corrected chi connectivity index (χ4v) is 4.23. The number of aromatic amines is 2. The summed E-state index contributed by atoms with van der Waals surface area (Å²) in [6.07, 6.45) is 8.69. The minimum Gasteiger partial charge on any atom is -0.360 e. The predicted octanol–water partition coefficient (Wildman–Crippen LogP) is 3.57. The maximum absolute atomic E-state index is 13.7. The summed E-state index contributed by atoms with van der Waals surface area (Å²) in [5.41, 5.74) is 4.13. The zero-order valence-corrected chi connectivity index (χ0v) is 16.8. The Morgan fingerprint density at radius 2 is 2.13 bits per heavy atom. The van der Waals surface area contributed by atoms with Gasteiger partial charge in [0.2, 0.25) is 0 Å². The lowest BCUT2D eigenvalue weighted by Crippen LogP contribution is -2.26. The Bertz CT molecular complexity index is 1460. The highest BCUT2D eigenvalue weighted by Crippen LogP contribution is 2.38. The maximum Gasteiger partial charge on any atom is 0.259 e. The molecule has 4 heterocycles. The summed E-state index contributed by atoms with van der Waals surface area (Å²) >= 11 is 0. The van der Waals surface area contributed by atoms with E-state index in [4.69, 9.17) is 0 Å². The fraction of sp³-hybridized carbons (Fsp3) is 0.227. The minimum absolute atomic E-state index is 0.0352. The average Bonchev–Trinajstić information content (AvgIpc) is 3.25. The van der Waals surface area contributed by atoms with E-state index in [0.717, 1.165) is 40.4 Å². The van der Waals surface area contributed by atoms with Gasteiger partial charge >= 0.3 is 0 Å². The largest absolute Gasteiger partial charge is 0.360 e. The molecule has 1 aliphatic rings. The number of rotatable bonds is 5. The molecular formula is C22H20N8O. The molecule has 5 aromatic rings. The molecular weight excluding hydrogens is 392 g/mol. The Hall–Kier alpha value is -4.01. The van der Waals surface area contributed by atoms with Gasteiger partial charge in [-0.3, -0.25) is 9.89 Å². The molecule has 9 heteroatoms. The van der Waals surface area contributed by atoms with Crippen LogP contribution in [-0.2, 0) is 0 Å². The number of nitrogens with zero attached hydrogens (tertiary/aromatic N) is 5. The van der Waals surface area contributed by atoms with E-state index in [-0.39, 0.29) is 17.6 Å². The van der Waals surface area contributed by atoms with E-state index >= 15 is 0 Å². The van der Waals surface area contributed by atoms with Crippen LogP contribution in [-0.4, -0.2) is 34.7 Å². The topological polar surface area (TPSA) is 117 Å². The van der Waals surface area contributed by atoms with Gasteiger partial charge in [-0.2, -0.15) is 5.10 Å². The molecule has 1 atom stereocenters. The first-order chi connectivity index (χ1) is 15.2. The second kappa shape index (κ2) is 6.76. The van der Waals surface area contributed by atoms with Crippen LogP contribution in [0.1, 0.15) is 37.5 Å². The number of imidazole rings is 1. The van der Waals surface area contributed by atoms with Crippen LogP contribution in [0.15, 0.2) is 54.1 Å². The molecule has 1 fully saturated rings. The Morgan fingerprint density at radius 1 is 1.23 bits per heavy atom. The van der Waals surface area contributed by atoms with E-state index in [9.17, 15) is 4.79 Å². The third kappa shape index (κ3) is 2.89. The van der Waals surface area contributed by atoms with Crippen LogP contribution >= 0.6 is 0 Å². The van der Waals surface area contributed by atoms with Gasteiger partial charge in [0, 0.05) is 23.5 Å². The van der Waals surface area contributed by atoms with Gasteiger partial charge < -0.3 is 14.9 Å². The summed E-state index contributed by atoms with van der Waals surface area (Å²) in [7, 11) is 0. The van der Waals surface area contributed by atoms with Gasteiger partial charge in [-0.05, 0) is 36.8 Å². The maximum atomic E-state index is 13.7. The van der Waals surface area contributed by atoms with Crippen molar-refractivity contribution in [3.8, 4) is 11.1 Å². The molecule has 0 spiro atoms. The summed E-state index contributed by atoms with van der Waals surface area (Å²) in [4.78, 5) is 29.6. The summed E-state index contributed by atoms with van der Waals surface area (Å²) in [6, 6.07) is 8.13. The monoisotopic (exact) mass is 412 g/mol. The second-order valence-corrected chi connectivity index (χ2v) is 7.92. The van der Waals surface area contributed by atoms with Crippen LogP contribution in [0.4, 0.5) is 5.82 Å². The van der Waals surface area contributed by atoms with Crippen molar-refractivity contribution in [1.82, 2.24) is 34.7 Å². The lowest BCUT2D eigenvalue weighted by Gasteiger charge is -2.21. The molecule has 0 amide bonds. The number of anilines is 1. The normalized spacial score (nSPS) is 14.9. The van der Waals surface area contributed by atoms with Crippen molar-refractivity contribution in [2.24, 2.45) is 0 Å². The molecule has 6 rings (SSSR count). The number of benzene rings is 1. The fourth-order valence-electron chi connectivity index (χ4n) is 4.23. The van der Waals surface area contributed by atoms with Crippen molar-refractivity contribution in [2.45, 2.75) is 31.8 Å². The van der Waals surface area contributed by atoms with Crippen LogP contribution < -0.4 is 10.9 Å². The van der Waals surface area contributed by atoms with E-state index in [1.807, 2.05) is 35.9 Å². The molecule has 9 nitrogen and oxygen atoms in total. The molecule has 154 valence electrons. The summed E-state index contributed by atoms with van der Waals surface area (Å²) in [5, 5.41) is 12.0. The number of hydrogen-bond donors (Lipinski definition) is 3. The molecule has 1 aliphatic carbocycles. The van der Waals surface area contributed by atoms with Gasteiger partial charge in [-0.1, -0.05) is 18.2 Å². The average molecular weight is 412 g/mol. The van der Waals surface area contributed by atoms with Crippen molar-refractivity contribution in [3.05, 3.63) is 65.4 Å². The highest BCUT2D eigenvalue weighted by molar-refractivity contribution is 5.96. The number of fused-ring (bicyclic) bond motifs is 2. The molecule has 1 saturated carbocycles. The molecule has 31 heavy (non-hydrogen) atoms. The Morgan fingerprint density at radius 3 is 2.94 bits per heavy atom. The van der Waals surface area contributed by atoms with Crippen molar-refractivity contribution < 1.29 is 0 Å². The van der Waals surface area contributed by atoms with Crippen LogP contribution in [0.5, 0.6) is 0 Å². The highest BCUT2D eigenvalue weighted by atomic mass is 16.1. The van der Waals surface area contributed by atoms with Crippen molar-refractivity contribution >= 4 is 27.8 Å². The lowest BCUT2D eigenvalue weighted by molar-refractivity contribution is 0.636. The van der Waals surface area contributed by atoms with E-state index < -0.39 is 0 Å². The zero-order chi connectivity index (χ0) is 20.9. The zero-order valence-electron chi connectivity index (χ0n) is 16.8. The Balaban J connectivity index is 1.51. The SMILES string of the molecule is C[C@@H](Nc1ncnc2[nH]cnc12)c1cc2cccc(-c3cn[nH]c3)c2c(=O)n1C1CC1. The third-order valence-electron chi connectivity index (χ3n) is 5.85. The summed E-state index contributed by atoms with van der Waals surface area (Å²) < 4.78 is 1.95. The number of hydrogen-bond acceptors (Lipinski definition) is 6. The first-order valence-corrected chi connectivity index (χ1v) is 10.3. The number of H-pyrrole nitrogens is 2. The molecule has 0 radical (unpaired) electrons. The second-order valence-electron chi connectivity index (χ2n) is 7.92. The molecule has 0 unspecified atom stereocenters. The standard InChI is InChI=1S/C22H20N8O/c1-12(29-21-19-20(24-10-23-19)25-11-26-21)17-7-13-3-2-4-16(14-8-27-28-9-14)18(13)22(31)30(17)15-5-6-15/h2-4,7-12,15H,5-6H2,1H3,(H,27,28)(H2,23,24,25,26,29)/t12-/m1/s1. The van der Waals surface area contributed by atoms with Crippen molar-refractivity contribution in [3.63, 3.8) is 0 Å². The molecule has 4 aromatic heterocycles. The molecule has 0 saturated heterocycles. The van der Waals surface area contributed by atoms with Crippen LogP contribution in [0.3, 0.4) is 0 Å². The van der Waals surface area contributed by atoms with Crippen molar-refractivity contribution in [2.75, 3.05) is 5.32 Å². The van der Waals surface area contributed by atoms with Gasteiger partial charge in [0.05, 0.1) is 24.0 Å². The molecule has 3 N–H and O–H groups in total. The first kappa shape index (κ1) is 17.8. The minimum atomic E-state index is -0.148. The number of pyridine rings is 1. The van der Waals surface area contributed by atoms with Gasteiger partial charge in [0.15, 0.2) is 11.5 Å². The summed E-state index contributed by atoms with van der Waals surface area (Å²) in [5.74, 6) is 0.640. The van der Waals surface area contributed by atoms with E-state index in [2.05, 4.69) is 41.5 Å². The quantitative estimate of drug-likeness (QED) is 0.406. The van der Waals surface area contributed by atoms with Gasteiger partial charge in [-0.15, -0.1) is 0 Å². The van der Waals surface area contributed by atoms with Gasteiger partial charge in [0.25, 0.3) is 5.56 Å².